The van der Waals surface area contributed by atoms with Gasteiger partial charge in [0.15, 0.2) is 11.6 Å². The SMILES string of the molecule is CCOC(=O)C1CC(=O)C(C(=O)c2ccc(C)cc2)=C(F)C1. The number of esters is 1. The van der Waals surface area contributed by atoms with Crippen LogP contribution in [0.5, 0.6) is 0 Å². The van der Waals surface area contributed by atoms with E-state index in [1.807, 2.05) is 6.92 Å². The number of benzene rings is 1. The average Bonchev–Trinajstić information content (AvgIpc) is 2.47. The topological polar surface area (TPSA) is 60.4 Å². The van der Waals surface area contributed by atoms with E-state index >= 15 is 0 Å². The van der Waals surface area contributed by atoms with Gasteiger partial charge < -0.3 is 4.74 Å². The Bertz CT molecular complexity index is 643. The van der Waals surface area contributed by atoms with Crippen LogP contribution in [-0.4, -0.2) is 24.1 Å². The fourth-order valence-corrected chi connectivity index (χ4v) is 2.39. The highest BCUT2D eigenvalue weighted by Crippen LogP contribution is 2.31. The van der Waals surface area contributed by atoms with E-state index in [-0.39, 0.29) is 25.0 Å². The first-order valence-corrected chi connectivity index (χ1v) is 7.13. The van der Waals surface area contributed by atoms with Crippen LogP contribution in [0.4, 0.5) is 4.39 Å². The Balaban J connectivity index is 2.25. The van der Waals surface area contributed by atoms with Gasteiger partial charge in [0.1, 0.15) is 5.83 Å². The number of hydrogen-bond acceptors (Lipinski definition) is 4. The molecule has 0 fully saturated rings. The molecule has 0 spiro atoms. The number of aryl methyl sites for hydroxylation is 1. The summed E-state index contributed by atoms with van der Waals surface area (Å²) in [6.45, 7) is 3.68. The van der Waals surface area contributed by atoms with Crippen LogP contribution >= 0.6 is 0 Å². The average molecular weight is 304 g/mol. The third-order valence-corrected chi connectivity index (χ3v) is 3.57. The van der Waals surface area contributed by atoms with Crippen molar-refractivity contribution in [1.29, 1.82) is 0 Å². The van der Waals surface area contributed by atoms with E-state index < -0.39 is 34.9 Å². The predicted octanol–water partition coefficient (Wildman–Crippen LogP) is 2.94. The predicted molar refractivity (Wildman–Crippen MR) is 78.0 cm³/mol. The molecule has 2 rings (SSSR count). The lowest BCUT2D eigenvalue weighted by Gasteiger charge is -2.20. The van der Waals surface area contributed by atoms with Gasteiger partial charge in [-0.25, -0.2) is 4.39 Å². The molecule has 0 heterocycles. The fourth-order valence-electron chi connectivity index (χ4n) is 2.39. The van der Waals surface area contributed by atoms with E-state index in [2.05, 4.69) is 0 Å². The van der Waals surface area contributed by atoms with Crippen molar-refractivity contribution in [3.05, 3.63) is 46.8 Å². The Morgan fingerprint density at radius 3 is 2.41 bits per heavy atom. The lowest BCUT2D eigenvalue weighted by Crippen LogP contribution is -2.29. The molecule has 1 aliphatic rings. The summed E-state index contributed by atoms with van der Waals surface area (Å²) >= 11 is 0. The van der Waals surface area contributed by atoms with Crippen molar-refractivity contribution in [1.82, 2.24) is 0 Å². The van der Waals surface area contributed by atoms with Gasteiger partial charge in [-0.3, -0.25) is 14.4 Å². The standard InChI is InChI=1S/C17H17FO4/c1-3-22-17(21)12-8-13(18)15(14(19)9-12)16(20)11-6-4-10(2)5-7-11/h4-7,12H,3,8-9H2,1-2H3. The molecular formula is C17H17FO4. The molecule has 1 aliphatic carbocycles. The van der Waals surface area contributed by atoms with Crippen LogP contribution in [0, 0.1) is 12.8 Å². The Kier molecular flexibility index (Phi) is 4.85. The zero-order valence-corrected chi connectivity index (χ0v) is 12.5. The van der Waals surface area contributed by atoms with E-state index in [9.17, 15) is 18.8 Å². The first kappa shape index (κ1) is 16.1. The quantitative estimate of drug-likeness (QED) is 0.487. The summed E-state index contributed by atoms with van der Waals surface area (Å²) in [6.07, 6.45) is -0.462. The first-order chi connectivity index (χ1) is 10.4. The Hall–Kier alpha value is -2.30. The van der Waals surface area contributed by atoms with Gasteiger partial charge in [-0.1, -0.05) is 29.8 Å². The molecule has 0 saturated carbocycles. The summed E-state index contributed by atoms with van der Waals surface area (Å²) < 4.78 is 19.0. The van der Waals surface area contributed by atoms with Gasteiger partial charge in [-0.2, -0.15) is 0 Å². The number of hydrogen-bond donors (Lipinski definition) is 0. The van der Waals surface area contributed by atoms with Crippen molar-refractivity contribution < 1.29 is 23.5 Å². The summed E-state index contributed by atoms with van der Waals surface area (Å²) in [6, 6.07) is 6.56. The third-order valence-electron chi connectivity index (χ3n) is 3.57. The van der Waals surface area contributed by atoms with Crippen LogP contribution in [-0.2, 0) is 14.3 Å². The Labute approximate surface area is 128 Å². The number of halogens is 1. The molecule has 0 bridgehead atoms. The van der Waals surface area contributed by atoms with Crippen LogP contribution < -0.4 is 0 Å². The second-order valence-corrected chi connectivity index (χ2v) is 5.26. The first-order valence-electron chi connectivity index (χ1n) is 7.13. The largest absolute Gasteiger partial charge is 0.466 e. The smallest absolute Gasteiger partial charge is 0.309 e. The summed E-state index contributed by atoms with van der Waals surface area (Å²) in [5.74, 6) is -3.56. The number of carbonyl (C=O) groups is 3. The van der Waals surface area contributed by atoms with Gasteiger partial charge in [0.2, 0.25) is 0 Å². The van der Waals surface area contributed by atoms with Crippen LogP contribution in [0.2, 0.25) is 0 Å². The second kappa shape index (κ2) is 6.64. The molecule has 0 aromatic heterocycles. The van der Waals surface area contributed by atoms with E-state index in [1.54, 1.807) is 31.2 Å². The molecule has 0 N–H and O–H groups in total. The maximum absolute atomic E-state index is 14.2. The minimum absolute atomic E-state index is 0.171. The van der Waals surface area contributed by atoms with E-state index in [4.69, 9.17) is 4.74 Å². The molecule has 116 valence electrons. The molecular weight excluding hydrogens is 287 g/mol. The van der Waals surface area contributed by atoms with E-state index in [0.29, 0.717) is 0 Å². The zero-order chi connectivity index (χ0) is 16.3. The van der Waals surface area contributed by atoms with Crippen molar-refractivity contribution in [3.63, 3.8) is 0 Å². The van der Waals surface area contributed by atoms with Gasteiger partial charge in [-0.05, 0) is 13.8 Å². The summed E-state index contributed by atoms with van der Waals surface area (Å²) in [5.41, 5.74) is 0.784. The highest BCUT2D eigenvalue weighted by atomic mass is 19.1. The molecule has 0 aliphatic heterocycles. The second-order valence-electron chi connectivity index (χ2n) is 5.26. The van der Waals surface area contributed by atoms with Crippen molar-refractivity contribution in [3.8, 4) is 0 Å². The van der Waals surface area contributed by atoms with Gasteiger partial charge >= 0.3 is 5.97 Å². The lowest BCUT2D eigenvalue weighted by molar-refractivity contribution is -0.149. The van der Waals surface area contributed by atoms with Gasteiger partial charge in [-0.15, -0.1) is 0 Å². The molecule has 0 saturated heterocycles. The van der Waals surface area contributed by atoms with E-state index in [1.165, 1.54) is 0 Å². The molecule has 5 heteroatoms. The maximum Gasteiger partial charge on any atom is 0.309 e. The van der Waals surface area contributed by atoms with Crippen molar-refractivity contribution in [2.24, 2.45) is 5.92 Å². The number of Topliss-reactive ketones (excluding diaryl/α,β-unsaturated/α-hetero) is 2. The number of ketones is 2. The molecule has 4 nitrogen and oxygen atoms in total. The molecule has 1 atom stereocenters. The van der Waals surface area contributed by atoms with Crippen LogP contribution in [0.1, 0.15) is 35.7 Å². The van der Waals surface area contributed by atoms with Crippen molar-refractivity contribution in [2.45, 2.75) is 26.7 Å². The van der Waals surface area contributed by atoms with Gasteiger partial charge in [0, 0.05) is 18.4 Å². The number of rotatable bonds is 4. The molecule has 1 aromatic rings. The molecule has 0 amide bonds. The number of ether oxygens (including phenoxy) is 1. The monoisotopic (exact) mass is 304 g/mol. The lowest BCUT2D eigenvalue weighted by atomic mass is 9.84. The van der Waals surface area contributed by atoms with Gasteiger partial charge in [0.25, 0.3) is 0 Å². The maximum atomic E-state index is 14.2. The fraction of sp³-hybridized carbons (Fsp3) is 0.353. The van der Waals surface area contributed by atoms with Crippen molar-refractivity contribution >= 4 is 17.5 Å². The Morgan fingerprint density at radius 2 is 1.86 bits per heavy atom. The molecule has 22 heavy (non-hydrogen) atoms. The molecule has 1 unspecified atom stereocenters. The van der Waals surface area contributed by atoms with Gasteiger partial charge in [0.05, 0.1) is 18.1 Å². The van der Waals surface area contributed by atoms with Crippen LogP contribution in [0.25, 0.3) is 0 Å². The van der Waals surface area contributed by atoms with Crippen LogP contribution in [0.3, 0.4) is 0 Å². The van der Waals surface area contributed by atoms with Crippen molar-refractivity contribution in [2.75, 3.05) is 6.61 Å². The van der Waals surface area contributed by atoms with E-state index in [0.717, 1.165) is 5.56 Å². The number of carbonyl (C=O) groups excluding carboxylic acids is 3. The Morgan fingerprint density at radius 1 is 1.23 bits per heavy atom. The molecule has 1 aromatic carbocycles. The summed E-state index contributed by atoms with van der Waals surface area (Å²) in [5, 5.41) is 0. The molecule has 0 radical (unpaired) electrons. The number of allylic oxidation sites excluding steroid dienone is 2. The minimum Gasteiger partial charge on any atom is -0.466 e. The van der Waals surface area contributed by atoms with Crippen LogP contribution in [0.15, 0.2) is 35.7 Å². The third kappa shape index (κ3) is 3.30. The highest BCUT2D eigenvalue weighted by molar-refractivity contribution is 6.27. The zero-order valence-electron chi connectivity index (χ0n) is 12.5. The highest BCUT2D eigenvalue weighted by Gasteiger charge is 2.36. The minimum atomic E-state index is -0.845. The summed E-state index contributed by atoms with van der Waals surface area (Å²) in [4.78, 5) is 36.0. The normalized spacial score (nSPS) is 18.3. The summed E-state index contributed by atoms with van der Waals surface area (Å²) in [7, 11) is 0.